The van der Waals surface area contributed by atoms with Crippen LogP contribution in [0.2, 0.25) is 0 Å². The number of hydrogen-bond acceptors (Lipinski definition) is 4. The largest absolute Gasteiger partial charge is 0.378 e. The number of carbonyl (C=O) groups is 1. The van der Waals surface area contributed by atoms with Gasteiger partial charge in [0.25, 0.3) is 0 Å². The van der Waals surface area contributed by atoms with Crippen LogP contribution in [0, 0.1) is 13.8 Å². The summed E-state index contributed by atoms with van der Waals surface area (Å²) in [6.07, 6.45) is 2.07. The maximum absolute atomic E-state index is 12.8. The Labute approximate surface area is 125 Å². The molecule has 0 radical (unpaired) electrons. The van der Waals surface area contributed by atoms with Crippen molar-refractivity contribution in [2.75, 3.05) is 26.3 Å². The molecule has 6 nitrogen and oxygen atoms in total. The van der Waals surface area contributed by atoms with Gasteiger partial charge in [-0.15, -0.1) is 0 Å². The highest BCUT2D eigenvalue weighted by Crippen LogP contribution is 2.35. The summed E-state index contributed by atoms with van der Waals surface area (Å²) in [6.45, 7) is 6.86. The number of rotatable bonds is 2. The molecule has 0 spiro atoms. The van der Waals surface area contributed by atoms with Crippen molar-refractivity contribution in [2.45, 2.75) is 38.8 Å². The molecular formula is C15H24N4O2. The Kier molecular flexibility index (Phi) is 3.99. The van der Waals surface area contributed by atoms with E-state index in [0.717, 1.165) is 37.3 Å². The lowest BCUT2D eigenvalue weighted by atomic mass is 10.0. The first-order valence-corrected chi connectivity index (χ1v) is 7.71. The third-order valence-electron chi connectivity index (χ3n) is 4.65. The van der Waals surface area contributed by atoms with Crippen molar-refractivity contribution in [2.24, 2.45) is 7.05 Å². The second-order valence-corrected chi connectivity index (χ2v) is 5.98. The van der Waals surface area contributed by atoms with Crippen LogP contribution in [0.25, 0.3) is 0 Å². The highest BCUT2D eigenvalue weighted by atomic mass is 16.5. The van der Waals surface area contributed by atoms with Crippen molar-refractivity contribution in [3.8, 4) is 0 Å². The predicted octanol–water partition coefficient (Wildman–Crippen LogP) is 0.689. The fraction of sp³-hybridized carbons (Fsp3) is 0.733. The maximum atomic E-state index is 12.8. The molecule has 2 saturated heterocycles. The zero-order valence-corrected chi connectivity index (χ0v) is 13.1. The van der Waals surface area contributed by atoms with Crippen LogP contribution in [0.1, 0.15) is 35.8 Å². The molecule has 1 N–H and O–H groups in total. The highest BCUT2D eigenvalue weighted by Gasteiger charge is 2.36. The summed E-state index contributed by atoms with van der Waals surface area (Å²) in [5.74, 6) is 0.167. The van der Waals surface area contributed by atoms with E-state index in [2.05, 4.69) is 17.3 Å². The molecule has 1 aromatic heterocycles. The lowest BCUT2D eigenvalue weighted by molar-refractivity contribution is -0.137. The van der Waals surface area contributed by atoms with E-state index in [4.69, 9.17) is 4.74 Å². The van der Waals surface area contributed by atoms with Gasteiger partial charge in [0, 0.05) is 31.4 Å². The first kappa shape index (κ1) is 14.5. The number of nitrogens with zero attached hydrogens (tertiary/aromatic N) is 3. The Bertz CT molecular complexity index is 534. The number of morpholine rings is 1. The molecule has 0 aromatic carbocycles. The number of carbonyl (C=O) groups excluding carboxylic acids is 1. The number of nitrogens with one attached hydrogen (secondary N) is 1. The number of aryl methyl sites for hydroxylation is 2. The van der Waals surface area contributed by atoms with Gasteiger partial charge in [-0.05, 0) is 26.7 Å². The molecule has 2 fully saturated rings. The number of amides is 1. The van der Waals surface area contributed by atoms with Gasteiger partial charge in [0.15, 0.2) is 0 Å². The summed E-state index contributed by atoms with van der Waals surface area (Å²) >= 11 is 0. The Hall–Kier alpha value is -1.40. The standard InChI is InChI=1S/C15H24N4O2/c1-10-14(11(2)18(3)17-10)13-5-4-7-19(13)15(20)12-9-21-8-6-16-12/h12-13,16H,4-9H2,1-3H3. The number of aromatic nitrogens is 2. The van der Waals surface area contributed by atoms with Gasteiger partial charge in [0.1, 0.15) is 6.04 Å². The fourth-order valence-electron chi connectivity index (χ4n) is 3.53. The van der Waals surface area contributed by atoms with Crippen molar-refractivity contribution in [3.05, 3.63) is 17.0 Å². The van der Waals surface area contributed by atoms with E-state index in [0.29, 0.717) is 13.2 Å². The van der Waals surface area contributed by atoms with Crippen LogP contribution in [0.15, 0.2) is 0 Å². The van der Waals surface area contributed by atoms with E-state index < -0.39 is 0 Å². The summed E-state index contributed by atoms with van der Waals surface area (Å²) in [4.78, 5) is 14.8. The van der Waals surface area contributed by atoms with Crippen molar-refractivity contribution in [1.82, 2.24) is 20.0 Å². The van der Waals surface area contributed by atoms with Gasteiger partial charge in [0.2, 0.25) is 5.91 Å². The van der Waals surface area contributed by atoms with Crippen LogP contribution in [0.4, 0.5) is 0 Å². The third kappa shape index (κ3) is 2.58. The molecule has 0 aliphatic carbocycles. The zero-order valence-electron chi connectivity index (χ0n) is 13.1. The van der Waals surface area contributed by atoms with Gasteiger partial charge in [-0.25, -0.2) is 0 Å². The molecule has 3 heterocycles. The summed E-state index contributed by atoms with van der Waals surface area (Å²) in [5, 5.41) is 7.77. The van der Waals surface area contributed by atoms with Crippen LogP contribution in [0.5, 0.6) is 0 Å². The molecule has 0 saturated carbocycles. The Morgan fingerprint density at radius 1 is 1.43 bits per heavy atom. The van der Waals surface area contributed by atoms with Crippen LogP contribution >= 0.6 is 0 Å². The summed E-state index contributed by atoms with van der Waals surface area (Å²) in [5.41, 5.74) is 3.41. The quantitative estimate of drug-likeness (QED) is 0.871. The van der Waals surface area contributed by atoms with Crippen LogP contribution < -0.4 is 5.32 Å². The minimum Gasteiger partial charge on any atom is -0.378 e. The molecule has 6 heteroatoms. The van der Waals surface area contributed by atoms with Crippen molar-refractivity contribution < 1.29 is 9.53 Å². The van der Waals surface area contributed by atoms with Crippen molar-refractivity contribution in [1.29, 1.82) is 0 Å². The van der Waals surface area contributed by atoms with Crippen LogP contribution in [-0.4, -0.2) is 52.9 Å². The second kappa shape index (κ2) is 5.77. The summed E-state index contributed by atoms with van der Waals surface area (Å²) in [6, 6.07) is -0.0356. The topological polar surface area (TPSA) is 59.4 Å². The normalized spacial score (nSPS) is 26.3. The molecule has 2 aliphatic heterocycles. The number of hydrogen-bond donors (Lipinski definition) is 1. The van der Waals surface area contributed by atoms with Crippen molar-refractivity contribution >= 4 is 5.91 Å². The molecule has 116 valence electrons. The second-order valence-electron chi connectivity index (χ2n) is 5.98. The van der Waals surface area contributed by atoms with Gasteiger partial charge in [-0.3, -0.25) is 9.48 Å². The van der Waals surface area contributed by atoms with E-state index in [1.54, 1.807) is 0 Å². The fourth-order valence-corrected chi connectivity index (χ4v) is 3.53. The van der Waals surface area contributed by atoms with Crippen LogP contribution in [-0.2, 0) is 16.6 Å². The van der Waals surface area contributed by atoms with E-state index in [1.165, 1.54) is 5.56 Å². The van der Waals surface area contributed by atoms with E-state index in [9.17, 15) is 4.79 Å². The first-order chi connectivity index (χ1) is 10.1. The molecule has 2 aliphatic rings. The SMILES string of the molecule is Cc1nn(C)c(C)c1C1CCCN1C(=O)C1COCCN1. The molecule has 2 unspecified atom stereocenters. The van der Waals surface area contributed by atoms with E-state index >= 15 is 0 Å². The Balaban J connectivity index is 1.83. The molecule has 1 amide bonds. The monoisotopic (exact) mass is 292 g/mol. The molecule has 3 rings (SSSR count). The average Bonchev–Trinajstić information content (AvgIpc) is 3.05. The lowest BCUT2D eigenvalue weighted by Gasteiger charge is -2.31. The van der Waals surface area contributed by atoms with Gasteiger partial charge in [-0.2, -0.15) is 5.10 Å². The number of ether oxygens (including phenoxy) is 1. The minimum atomic E-state index is -0.198. The first-order valence-electron chi connectivity index (χ1n) is 7.71. The highest BCUT2D eigenvalue weighted by molar-refractivity contribution is 5.83. The van der Waals surface area contributed by atoms with Gasteiger partial charge >= 0.3 is 0 Å². The Morgan fingerprint density at radius 2 is 2.24 bits per heavy atom. The van der Waals surface area contributed by atoms with Gasteiger partial charge < -0.3 is 15.0 Å². The van der Waals surface area contributed by atoms with Crippen LogP contribution in [0.3, 0.4) is 0 Å². The average molecular weight is 292 g/mol. The lowest BCUT2D eigenvalue weighted by Crippen LogP contribution is -2.52. The maximum Gasteiger partial charge on any atom is 0.242 e. The smallest absolute Gasteiger partial charge is 0.242 e. The Morgan fingerprint density at radius 3 is 2.86 bits per heavy atom. The third-order valence-corrected chi connectivity index (χ3v) is 4.65. The molecular weight excluding hydrogens is 268 g/mol. The summed E-state index contributed by atoms with van der Waals surface area (Å²) < 4.78 is 7.34. The predicted molar refractivity (Wildman–Crippen MR) is 79.0 cm³/mol. The molecule has 1 aromatic rings. The molecule has 21 heavy (non-hydrogen) atoms. The summed E-state index contributed by atoms with van der Waals surface area (Å²) in [7, 11) is 1.96. The molecule has 0 bridgehead atoms. The van der Waals surface area contributed by atoms with Gasteiger partial charge in [0.05, 0.1) is 24.9 Å². The molecule has 2 atom stereocenters. The van der Waals surface area contributed by atoms with E-state index in [-0.39, 0.29) is 18.0 Å². The minimum absolute atomic E-state index is 0.162. The number of likely N-dealkylation sites (tertiary alicyclic amines) is 1. The van der Waals surface area contributed by atoms with Gasteiger partial charge in [-0.1, -0.05) is 0 Å². The van der Waals surface area contributed by atoms with Crippen molar-refractivity contribution in [3.63, 3.8) is 0 Å². The van der Waals surface area contributed by atoms with E-state index in [1.807, 2.05) is 23.6 Å². The zero-order chi connectivity index (χ0) is 15.0.